The maximum absolute atomic E-state index is 13.0. The van der Waals surface area contributed by atoms with Gasteiger partial charge in [-0.15, -0.1) is 0 Å². The Bertz CT molecular complexity index is 884. The van der Waals surface area contributed by atoms with Gasteiger partial charge in [0.25, 0.3) is 11.6 Å². The lowest BCUT2D eigenvalue weighted by atomic mass is 10.1. The molecule has 0 N–H and O–H groups in total. The van der Waals surface area contributed by atoms with Gasteiger partial charge in [0.2, 0.25) is 5.75 Å². The Morgan fingerprint density at radius 1 is 0.966 bits per heavy atom. The molecule has 2 aromatic carbocycles. The van der Waals surface area contributed by atoms with E-state index in [-0.39, 0.29) is 11.6 Å². The van der Waals surface area contributed by atoms with Gasteiger partial charge in [-0.25, -0.2) is 0 Å². The number of rotatable bonds is 6. The Balaban J connectivity index is 1.73. The molecule has 29 heavy (non-hydrogen) atoms. The van der Waals surface area contributed by atoms with E-state index in [4.69, 9.17) is 14.2 Å². The standard InChI is InChI=1S/C20H23N3O6/c1-27-17-11-14(12-18(28-2)19(17)29-3)20(24)22-9-7-21(8-10-22)15-5-4-6-16(13-15)23(25)26/h4-6,11-13H,7-10H2,1-3H3. The first-order valence-corrected chi connectivity index (χ1v) is 9.07. The second kappa shape index (κ2) is 8.68. The van der Waals surface area contributed by atoms with Crippen LogP contribution in [0.1, 0.15) is 10.4 Å². The van der Waals surface area contributed by atoms with Crippen LogP contribution < -0.4 is 19.1 Å². The summed E-state index contributed by atoms with van der Waals surface area (Å²) in [6.45, 7) is 2.16. The quantitative estimate of drug-likeness (QED) is 0.542. The zero-order valence-corrected chi connectivity index (χ0v) is 16.6. The topological polar surface area (TPSA) is 94.4 Å². The van der Waals surface area contributed by atoms with E-state index in [1.807, 2.05) is 11.0 Å². The molecule has 0 spiro atoms. The summed E-state index contributed by atoms with van der Waals surface area (Å²) in [4.78, 5) is 27.3. The maximum atomic E-state index is 13.0. The number of benzene rings is 2. The van der Waals surface area contributed by atoms with Crippen molar-refractivity contribution in [2.45, 2.75) is 0 Å². The first-order valence-electron chi connectivity index (χ1n) is 9.07. The zero-order valence-electron chi connectivity index (χ0n) is 16.6. The lowest BCUT2D eigenvalue weighted by Crippen LogP contribution is -2.48. The first-order chi connectivity index (χ1) is 14.0. The SMILES string of the molecule is COc1cc(C(=O)N2CCN(c3cccc([N+](=O)[O-])c3)CC2)cc(OC)c1OC. The van der Waals surface area contributed by atoms with Crippen LogP contribution in [0.2, 0.25) is 0 Å². The van der Waals surface area contributed by atoms with Crippen LogP contribution in [-0.4, -0.2) is 63.2 Å². The molecular weight excluding hydrogens is 378 g/mol. The van der Waals surface area contributed by atoms with Crippen molar-refractivity contribution in [3.05, 3.63) is 52.1 Å². The fourth-order valence-electron chi connectivity index (χ4n) is 3.36. The van der Waals surface area contributed by atoms with Crippen LogP contribution in [0.25, 0.3) is 0 Å². The molecule has 1 amide bonds. The largest absolute Gasteiger partial charge is 0.493 e. The first kappa shape index (κ1) is 20.2. The van der Waals surface area contributed by atoms with Gasteiger partial charge in [-0.05, 0) is 18.2 Å². The molecule has 1 heterocycles. The van der Waals surface area contributed by atoms with Gasteiger partial charge in [-0.3, -0.25) is 14.9 Å². The average molecular weight is 401 g/mol. The molecule has 0 aliphatic carbocycles. The van der Waals surface area contributed by atoms with Gasteiger partial charge in [-0.2, -0.15) is 0 Å². The third kappa shape index (κ3) is 4.18. The molecule has 1 saturated heterocycles. The van der Waals surface area contributed by atoms with Gasteiger partial charge in [-0.1, -0.05) is 6.07 Å². The minimum absolute atomic E-state index is 0.0541. The molecule has 9 nitrogen and oxygen atoms in total. The lowest BCUT2D eigenvalue weighted by molar-refractivity contribution is -0.384. The number of ether oxygens (including phenoxy) is 3. The number of anilines is 1. The molecule has 1 aliphatic heterocycles. The fraction of sp³-hybridized carbons (Fsp3) is 0.350. The number of hydrogen-bond acceptors (Lipinski definition) is 7. The second-order valence-electron chi connectivity index (χ2n) is 6.47. The van der Waals surface area contributed by atoms with E-state index in [0.29, 0.717) is 49.0 Å². The number of nitro groups is 1. The number of nitro benzene ring substituents is 1. The molecule has 0 atom stereocenters. The van der Waals surface area contributed by atoms with E-state index in [1.165, 1.54) is 27.4 Å². The van der Waals surface area contributed by atoms with Gasteiger partial charge < -0.3 is 24.0 Å². The van der Waals surface area contributed by atoms with E-state index in [0.717, 1.165) is 5.69 Å². The molecule has 9 heteroatoms. The number of hydrogen-bond donors (Lipinski definition) is 0. The van der Waals surface area contributed by atoms with Crippen molar-refractivity contribution in [2.24, 2.45) is 0 Å². The molecule has 1 fully saturated rings. The lowest BCUT2D eigenvalue weighted by Gasteiger charge is -2.36. The van der Waals surface area contributed by atoms with Crippen LogP contribution in [0, 0.1) is 10.1 Å². The van der Waals surface area contributed by atoms with Crippen LogP contribution in [0.5, 0.6) is 17.2 Å². The van der Waals surface area contributed by atoms with Crippen molar-refractivity contribution < 1.29 is 23.9 Å². The number of amides is 1. The molecule has 154 valence electrons. The van der Waals surface area contributed by atoms with Crippen molar-refractivity contribution in [3.63, 3.8) is 0 Å². The molecule has 0 unspecified atom stereocenters. The smallest absolute Gasteiger partial charge is 0.271 e. The second-order valence-corrected chi connectivity index (χ2v) is 6.47. The van der Waals surface area contributed by atoms with E-state index in [9.17, 15) is 14.9 Å². The van der Waals surface area contributed by atoms with Gasteiger partial charge >= 0.3 is 0 Å². The Morgan fingerprint density at radius 2 is 1.59 bits per heavy atom. The summed E-state index contributed by atoms with van der Waals surface area (Å²) in [7, 11) is 4.52. The van der Waals surface area contributed by atoms with Crippen LogP contribution >= 0.6 is 0 Å². The number of piperazine rings is 1. The van der Waals surface area contributed by atoms with E-state index >= 15 is 0 Å². The molecule has 0 radical (unpaired) electrons. The Hall–Kier alpha value is -3.49. The molecule has 1 aliphatic rings. The Labute approximate surface area is 168 Å². The molecular formula is C20H23N3O6. The highest BCUT2D eigenvalue weighted by atomic mass is 16.6. The van der Waals surface area contributed by atoms with Crippen LogP contribution in [0.15, 0.2) is 36.4 Å². The van der Waals surface area contributed by atoms with Crippen molar-refractivity contribution in [3.8, 4) is 17.2 Å². The molecule has 2 aromatic rings. The third-order valence-corrected chi connectivity index (χ3v) is 4.88. The monoisotopic (exact) mass is 401 g/mol. The van der Waals surface area contributed by atoms with E-state index in [1.54, 1.807) is 29.2 Å². The summed E-state index contributed by atoms with van der Waals surface area (Å²) in [6, 6.07) is 9.79. The average Bonchev–Trinajstić information content (AvgIpc) is 2.77. The van der Waals surface area contributed by atoms with Crippen LogP contribution in [-0.2, 0) is 0 Å². The van der Waals surface area contributed by atoms with Crippen LogP contribution in [0.3, 0.4) is 0 Å². The highest BCUT2D eigenvalue weighted by molar-refractivity contribution is 5.95. The summed E-state index contributed by atoms with van der Waals surface area (Å²) in [6.07, 6.45) is 0. The fourth-order valence-corrected chi connectivity index (χ4v) is 3.36. The summed E-state index contributed by atoms with van der Waals surface area (Å²) in [5.74, 6) is 1.14. The van der Waals surface area contributed by atoms with Crippen molar-refractivity contribution >= 4 is 17.3 Å². The number of non-ortho nitro benzene ring substituents is 1. The number of carbonyl (C=O) groups excluding carboxylic acids is 1. The van der Waals surface area contributed by atoms with Gasteiger partial charge in [0.05, 0.1) is 26.3 Å². The summed E-state index contributed by atoms with van der Waals surface area (Å²) < 4.78 is 15.9. The minimum atomic E-state index is -0.409. The van der Waals surface area contributed by atoms with Crippen molar-refractivity contribution in [1.29, 1.82) is 0 Å². The summed E-state index contributed by atoms with van der Waals surface area (Å²) in [5.41, 5.74) is 1.28. The molecule has 0 aromatic heterocycles. The normalized spacial score (nSPS) is 13.8. The Morgan fingerprint density at radius 3 is 2.10 bits per heavy atom. The Kier molecular flexibility index (Phi) is 6.06. The third-order valence-electron chi connectivity index (χ3n) is 4.88. The van der Waals surface area contributed by atoms with E-state index < -0.39 is 4.92 Å². The summed E-state index contributed by atoms with van der Waals surface area (Å²) in [5, 5.41) is 11.0. The van der Waals surface area contributed by atoms with Gasteiger partial charge in [0.15, 0.2) is 11.5 Å². The molecule has 3 rings (SSSR count). The maximum Gasteiger partial charge on any atom is 0.271 e. The van der Waals surface area contributed by atoms with Crippen molar-refractivity contribution in [1.82, 2.24) is 4.90 Å². The molecule has 0 bridgehead atoms. The zero-order chi connectivity index (χ0) is 21.0. The van der Waals surface area contributed by atoms with Crippen molar-refractivity contribution in [2.75, 3.05) is 52.4 Å². The number of methoxy groups -OCH3 is 3. The molecule has 0 saturated carbocycles. The van der Waals surface area contributed by atoms with Gasteiger partial charge in [0.1, 0.15) is 0 Å². The van der Waals surface area contributed by atoms with Gasteiger partial charge in [0, 0.05) is 49.6 Å². The predicted octanol–water partition coefficient (Wildman–Crippen LogP) is 2.58. The number of nitrogens with zero attached hydrogens (tertiary/aromatic N) is 3. The predicted molar refractivity (Wildman–Crippen MR) is 107 cm³/mol. The van der Waals surface area contributed by atoms with E-state index in [2.05, 4.69) is 0 Å². The number of carbonyl (C=O) groups is 1. The summed E-state index contributed by atoms with van der Waals surface area (Å²) >= 11 is 0. The van der Waals surface area contributed by atoms with Crippen LogP contribution in [0.4, 0.5) is 11.4 Å². The minimum Gasteiger partial charge on any atom is -0.493 e. The highest BCUT2D eigenvalue weighted by Crippen LogP contribution is 2.38. The highest BCUT2D eigenvalue weighted by Gasteiger charge is 2.25.